The first-order valence-electron chi connectivity index (χ1n) is 6.60. The first-order valence-corrected chi connectivity index (χ1v) is 6.60. The maximum Gasteiger partial charge on any atom is -0.0295 e. The van der Waals surface area contributed by atoms with Crippen molar-refractivity contribution in [2.24, 2.45) is 34.5 Å². The minimum atomic E-state index is 0.496. The van der Waals surface area contributed by atoms with Gasteiger partial charge in [0.25, 0.3) is 0 Å². The molecular weight excluding hydrogens is 180 g/mol. The lowest BCUT2D eigenvalue weighted by Crippen LogP contribution is -2.52. The van der Waals surface area contributed by atoms with Crippen LogP contribution in [0.4, 0.5) is 0 Å². The van der Waals surface area contributed by atoms with Gasteiger partial charge < -0.3 is 0 Å². The van der Waals surface area contributed by atoms with Crippen LogP contribution in [0.5, 0.6) is 0 Å². The Labute approximate surface area is 96.8 Å². The number of rotatable bonds is 3. The van der Waals surface area contributed by atoms with Gasteiger partial charge in [0.1, 0.15) is 0 Å². The van der Waals surface area contributed by atoms with Gasteiger partial charge >= 0.3 is 0 Å². The molecule has 1 aliphatic rings. The molecule has 0 radical (unpaired) electrons. The third-order valence-corrected chi connectivity index (χ3v) is 5.86. The van der Waals surface area contributed by atoms with Crippen molar-refractivity contribution >= 4 is 0 Å². The Balaban J connectivity index is 2.68. The van der Waals surface area contributed by atoms with E-state index < -0.39 is 0 Å². The summed E-state index contributed by atoms with van der Waals surface area (Å²) in [6, 6.07) is 0. The van der Waals surface area contributed by atoms with Crippen LogP contribution >= 0.6 is 0 Å². The molecule has 0 spiro atoms. The van der Waals surface area contributed by atoms with Gasteiger partial charge in [-0.15, -0.1) is 0 Å². The number of hydrogen-bond acceptors (Lipinski definition) is 0. The second-order valence-corrected chi connectivity index (χ2v) is 7.42. The van der Waals surface area contributed by atoms with E-state index in [1.807, 2.05) is 0 Å². The van der Waals surface area contributed by atoms with E-state index in [0.29, 0.717) is 10.8 Å². The van der Waals surface area contributed by atoms with E-state index in [-0.39, 0.29) is 0 Å². The number of hydrogen-bond donors (Lipinski definition) is 0. The van der Waals surface area contributed by atoms with Crippen LogP contribution < -0.4 is 0 Å². The molecule has 0 heterocycles. The molecule has 0 saturated heterocycles. The highest BCUT2D eigenvalue weighted by molar-refractivity contribution is 5.01. The monoisotopic (exact) mass is 210 g/mol. The molecule has 0 bridgehead atoms. The summed E-state index contributed by atoms with van der Waals surface area (Å²) < 4.78 is 0. The third kappa shape index (κ3) is 2.10. The largest absolute Gasteiger partial charge is 0.0623 e. The highest BCUT2D eigenvalue weighted by Crippen LogP contribution is 2.59. The van der Waals surface area contributed by atoms with Crippen molar-refractivity contribution in [1.29, 1.82) is 0 Å². The highest BCUT2D eigenvalue weighted by atomic mass is 14.6. The standard InChI is InChI=1S/C15H30/c1-10(2)14(5,6)9-13-11(3)12(4)15(13,7)8/h10-13H,9H2,1-8H3. The molecular formula is C15H30. The fourth-order valence-corrected chi connectivity index (χ4v) is 3.17. The molecule has 0 N–H and O–H groups in total. The topological polar surface area (TPSA) is 0 Å². The summed E-state index contributed by atoms with van der Waals surface area (Å²) in [6.45, 7) is 19.4. The summed E-state index contributed by atoms with van der Waals surface area (Å²) in [5.41, 5.74) is 1.06. The molecule has 1 rings (SSSR count). The van der Waals surface area contributed by atoms with Crippen LogP contribution in [-0.2, 0) is 0 Å². The van der Waals surface area contributed by atoms with Crippen LogP contribution in [-0.4, -0.2) is 0 Å². The molecule has 0 heteroatoms. The summed E-state index contributed by atoms with van der Waals surface area (Å²) in [4.78, 5) is 0. The van der Waals surface area contributed by atoms with E-state index in [1.165, 1.54) is 6.42 Å². The molecule has 1 aliphatic carbocycles. The van der Waals surface area contributed by atoms with Crippen LogP contribution in [0.25, 0.3) is 0 Å². The van der Waals surface area contributed by atoms with E-state index in [4.69, 9.17) is 0 Å². The molecule has 0 nitrogen and oxygen atoms in total. The predicted molar refractivity (Wildman–Crippen MR) is 68.8 cm³/mol. The first kappa shape index (κ1) is 13.1. The second-order valence-electron chi connectivity index (χ2n) is 7.42. The van der Waals surface area contributed by atoms with E-state index in [1.54, 1.807) is 0 Å². The van der Waals surface area contributed by atoms with E-state index in [0.717, 1.165) is 23.7 Å². The fourth-order valence-electron chi connectivity index (χ4n) is 3.17. The van der Waals surface area contributed by atoms with Gasteiger partial charge in [-0.25, -0.2) is 0 Å². The van der Waals surface area contributed by atoms with Crippen LogP contribution in [0.3, 0.4) is 0 Å². The van der Waals surface area contributed by atoms with Crippen molar-refractivity contribution in [1.82, 2.24) is 0 Å². The zero-order valence-electron chi connectivity index (χ0n) is 12.0. The zero-order chi connectivity index (χ0) is 12.0. The van der Waals surface area contributed by atoms with Crippen molar-refractivity contribution in [3.8, 4) is 0 Å². The van der Waals surface area contributed by atoms with Gasteiger partial charge in [-0.2, -0.15) is 0 Å². The molecule has 15 heavy (non-hydrogen) atoms. The van der Waals surface area contributed by atoms with Gasteiger partial charge in [0.15, 0.2) is 0 Å². The molecule has 0 amide bonds. The van der Waals surface area contributed by atoms with Crippen LogP contribution in [0.15, 0.2) is 0 Å². The van der Waals surface area contributed by atoms with Crippen molar-refractivity contribution < 1.29 is 0 Å². The molecule has 90 valence electrons. The van der Waals surface area contributed by atoms with E-state index >= 15 is 0 Å². The minimum absolute atomic E-state index is 0.496. The molecule has 0 aliphatic heterocycles. The maximum absolute atomic E-state index is 2.46. The van der Waals surface area contributed by atoms with Crippen molar-refractivity contribution in [2.45, 2.75) is 61.8 Å². The summed E-state index contributed by atoms with van der Waals surface area (Å²) in [5.74, 6) is 3.52. The SMILES string of the molecule is CC1C(C)C(C)(C)C1CC(C)(C)C(C)C. The lowest BCUT2D eigenvalue weighted by atomic mass is 9.46. The van der Waals surface area contributed by atoms with Crippen molar-refractivity contribution in [2.75, 3.05) is 0 Å². The van der Waals surface area contributed by atoms with Gasteiger partial charge in [0, 0.05) is 0 Å². The Kier molecular flexibility index (Phi) is 3.30. The quantitative estimate of drug-likeness (QED) is 0.616. The van der Waals surface area contributed by atoms with E-state index in [9.17, 15) is 0 Å². The van der Waals surface area contributed by atoms with Gasteiger partial charge in [-0.05, 0) is 40.9 Å². The Hall–Kier alpha value is 0. The van der Waals surface area contributed by atoms with Crippen molar-refractivity contribution in [3.63, 3.8) is 0 Å². The van der Waals surface area contributed by atoms with Crippen LogP contribution in [0.2, 0.25) is 0 Å². The molecule has 1 fully saturated rings. The molecule has 1 saturated carbocycles. The fraction of sp³-hybridized carbons (Fsp3) is 1.00. The lowest BCUT2D eigenvalue weighted by Gasteiger charge is -2.59. The lowest BCUT2D eigenvalue weighted by molar-refractivity contribution is -0.102. The van der Waals surface area contributed by atoms with Crippen LogP contribution in [0.1, 0.15) is 61.8 Å². The van der Waals surface area contributed by atoms with Gasteiger partial charge in [0.2, 0.25) is 0 Å². The Morgan fingerprint density at radius 2 is 1.60 bits per heavy atom. The summed E-state index contributed by atoms with van der Waals surface area (Å²) in [6.07, 6.45) is 1.39. The van der Waals surface area contributed by atoms with Crippen molar-refractivity contribution in [3.05, 3.63) is 0 Å². The smallest absolute Gasteiger partial charge is 0.0295 e. The molecule has 0 aromatic rings. The first-order chi connectivity index (χ1) is 6.60. The maximum atomic E-state index is 2.46. The molecule has 3 unspecified atom stereocenters. The molecule has 3 atom stereocenters. The predicted octanol–water partition coefficient (Wildman–Crippen LogP) is 4.99. The highest BCUT2D eigenvalue weighted by Gasteiger charge is 2.52. The third-order valence-electron chi connectivity index (χ3n) is 5.86. The summed E-state index contributed by atoms with van der Waals surface area (Å²) >= 11 is 0. The normalized spacial score (nSPS) is 35.4. The van der Waals surface area contributed by atoms with Gasteiger partial charge in [-0.1, -0.05) is 55.4 Å². The van der Waals surface area contributed by atoms with Crippen LogP contribution in [0, 0.1) is 34.5 Å². The molecule has 0 aromatic carbocycles. The zero-order valence-corrected chi connectivity index (χ0v) is 12.0. The van der Waals surface area contributed by atoms with E-state index in [2.05, 4.69) is 55.4 Å². The van der Waals surface area contributed by atoms with Gasteiger partial charge in [-0.3, -0.25) is 0 Å². The average molecular weight is 210 g/mol. The molecule has 0 aromatic heterocycles. The summed E-state index contributed by atoms with van der Waals surface area (Å²) in [5, 5.41) is 0. The Bertz CT molecular complexity index is 222. The summed E-state index contributed by atoms with van der Waals surface area (Å²) in [7, 11) is 0. The minimum Gasteiger partial charge on any atom is -0.0623 e. The Morgan fingerprint density at radius 3 is 1.93 bits per heavy atom. The van der Waals surface area contributed by atoms with Gasteiger partial charge in [0.05, 0.1) is 0 Å². The Morgan fingerprint density at radius 1 is 1.13 bits per heavy atom. The second kappa shape index (κ2) is 3.79. The average Bonchev–Trinajstić information content (AvgIpc) is 2.12.